The Bertz CT molecular complexity index is 736. The van der Waals surface area contributed by atoms with Crippen LogP contribution in [0.25, 0.3) is 0 Å². The van der Waals surface area contributed by atoms with Crippen molar-refractivity contribution >= 4 is 28.6 Å². The van der Waals surface area contributed by atoms with Gasteiger partial charge in [0, 0.05) is 28.8 Å². The normalized spacial score (nSPS) is 29.9. The van der Waals surface area contributed by atoms with Gasteiger partial charge in [0.05, 0.1) is 17.7 Å². The minimum Gasteiger partial charge on any atom is -0.388 e. The van der Waals surface area contributed by atoms with Gasteiger partial charge in [-0.15, -0.1) is 22.7 Å². The lowest BCUT2D eigenvalue weighted by Crippen LogP contribution is -2.62. The van der Waals surface area contributed by atoms with Crippen molar-refractivity contribution in [2.24, 2.45) is 5.92 Å². The van der Waals surface area contributed by atoms with Crippen LogP contribution < -0.4 is 5.32 Å². The molecular formula is C21H28N2O2S2. The van der Waals surface area contributed by atoms with E-state index in [9.17, 15) is 9.90 Å². The van der Waals surface area contributed by atoms with E-state index in [1.807, 2.05) is 6.92 Å². The summed E-state index contributed by atoms with van der Waals surface area (Å²) in [5.74, 6) is 0.231. The smallest absolute Gasteiger partial charge is 0.223 e. The fourth-order valence-corrected chi connectivity index (χ4v) is 6.12. The van der Waals surface area contributed by atoms with Crippen LogP contribution in [0.3, 0.4) is 0 Å². The van der Waals surface area contributed by atoms with Crippen molar-refractivity contribution in [1.82, 2.24) is 10.2 Å². The first-order chi connectivity index (χ1) is 13.0. The van der Waals surface area contributed by atoms with Crippen LogP contribution >= 0.6 is 22.7 Å². The first kappa shape index (κ1) is 19.1. The van der Waals surface area contributed by atoms with Crippen LogP contribution in [0.4, 0.5) is 0 Å². The molecular weight excluding hydrogens is 376 g/mol. The van der Waals surface area contributed by atoms with E-state index in [1.165, 1.54) is 9.75 Å². The zero-order valence-corrected chi connectivity index (χ0v) is 17.4. The summed E-state index contributed by atoms with van der Waals surface area (Å²) in [6, 6.07) is 8.14. The van der Waals surface area contributed by atoms with Crippen LogP contribution in [-0.4, -0.2) is 34.1 Å². The lowest BCUT2D eigenvalue weighted by Gasteiger charge is -2.49. The zero-order chi connectivity index (χ0) is 18.9. The van der Waals surface area contributed by atoms with E-state index in [2.05, 4.69) is 45.2 Å². The Labute approximate surface area is 169 Å². The minimum atomic E-state index is -0.908. The van der Waals surface area contributed by atoms with Crippen molar-refractivity contribution in [3.8, 4) is 0 Å². The van der Waals surface area contributed by atoms with Crippen LogP contribution in [0, 0.1) is 5.92 Å². The van der Waals surface area contributed by atoms with Gasteiger partial charge in [0.15, 0.2) is 0 Å². The molecule has 1 amide bonds. The highest BCUT2D eigenvalue weighted by molar-refractivity contribution is 7.10. The zero-order valence-electron chi connectivity index (χ0n) is 15.8. The Hall–Kier alpha value is -1.21. The topological polar surface area (TPSA) is 52.6 Å². The molecule has 1 saturated heterocycles. The molecule has 0 bridgehead atoms. The number of nitrogens with zero attached hydrogens (tertiary/aromatic N) is 1. The second-order valence-corrected chi connectivity index (χ2v) is 10.1. The Morgan fingerprint density at radius 3 is 2.67 bits per heavy atom. The molecule has 2 aromatic heterocycles. The molecule has 2 aromatic rings. The van der Waals surface area contributed by atoms with E-state index in [-0.39, 0.29) is 23.9 Å². The predicted molar refractivity (Wildman–Crippen MR) is 111 cm³/mol. The van der Waals surface area contributed by atoms with E-state index < -0.39 is 5.60 Å². The number of aliphatic hydroxyl groups is 1. The number of hydrogen-bond acceptors (Lipinski definition) is 5. The molecule has 1 aliphatic carbocycles. The molecule has 146 valence electrons. The molecule has 2 aliphatic rings. The second-order valence-electron chi connectivity index (χ2n) is 8.08. The van der Waals surface area contributed by atoms with Crippen molar-refractivity contribution in [2.45, 2.75) is 63.3 Å². The highest BCUT2D eigenvalue weighted by atomic mass is 32.1. The number of nitrogens with one attached hydrogen (secondary N) is 1. The van der Waals surface area contributed by atoms with Crippen molar-refractivity contribution in [2.75, 3.05) is 6.54 Å². The summed E-state index contributed by atoms with van der Waals surface area (Å²) in [5, 5.41) is 18.7. The van der Waals surface area contributed by atoms with Gasteiger partial charge in [-0.05, 0) is 49.1 Å². The van der Waals surface area contributed by atoms with Crippen LogP contribution in [0.15, 0.2) is 35.0 Å². The fourth-order valence-electron chi connectivity index (χ4n) is 4.49. The number of likely N-dealkylation sites (tertiary alicyclic amines) is 1. The highest BCUT2D eigenvalue weighted by Gasteiger charge is 2.47. The summed E-state index contributed by atoms with van der Waals surface area (Å²) in [5.41, 5.74) is -0.908. The third-order valence-corrected chi connectivity index (χ3v) is 7.89. The number of thiophene rings is 2. The number of rotatable bonds is 5. The lowest BCUT2D eigenvalue weighted by molar-refractivity contribution is -0.132. The van der Waals surface area contributed by atoms with Gasteiger partial charge < -0.3 is 10.4 Å². The Balaban J connectivity index is 1.61. The van der Waals surface area contributed by atoms with E-state index in [0.717, 1.165) is 38.8 Å². The number of hydrogen-bond donors (Lipinski definition) is 2. The molecule has 1 aliphatic heterocycles. The van der Waals surface area contributed by atoms with Crippen LogP contribution in [-0.2, 0) is 11.3 Å². The molecule has 1 saturated carbocycles. The van der Waals surface area contributed by atoms with Gasteiger partial charge >= 0.3 is 0 Å². The summed E-state index contributed by atoms with van der Waals surface area (Å²) in [6.07, 6.45) is 4.89. The predicted octanol–water partition coefficient (Wildman–Crippen LogP) is 4.18. The SMILES string of the molecule is C[C@@]1(O)CCN(Cc2cccs2)[C@@H](c2cccs2)[C@@H]1NC(=O)C1CCCC1. The van der Waals surface area contributed by atoms with Gasteiger partial charge in [0.25, 0.3) is 0 Å². The Morgan fingerprint density at radius 2 is 2.00 bits per heavy atom. The van der Waals surface area contributed by atoms with E-state index in [0.29, 0.717) is 6.42 Å². The third kappa shape index (κ3) is 4.14. The second kappa shape index (κ2) is 8.03. The minimum absolute atomic E-state index is 0.00111. The van der Waals surface area contributed by atoms with Crippen molar-refractivity contribution in [3.63, 3.8) is 0 Å². The van der Waals surface area contributed by atoms with Gasteiger partial charge in [-0.2, -0.15) is 0 Å². The van der Waals surface area contributed by atoms with Gasteiger partial charge in [-0.1, -0.05) is 25.0 Å². The molecule has 4 nitrogen and oxygen atoms in total. The van der Waals surface area contributed by atoms with Crippen LogP contribution in [0.2, 0.25) is 0 Å². The molecule has 6 heteroatoms. The average molecular weight is 405 g/mol. The number of piperidine rings is 1. The summed E-state index contributed by atoms with van der Waals surface area (Å²) >= 11 is 3.47. The first-order valence-electron chi connectivity index (χ1n) is 9.87. The summed E-state index contributed by atoms with van der Waals surface area (Å²) in [6.45, 7) is 3.56. The van der Waals surface area contributed by atoms with E-state index >= 15 is 0 Å². The van der Waals surface area contributed by atoms with Gasteiger partial charge in [-0.3, -0.25) is 9.69 Å². The number of carbonyl (C=O) groups is 1. The van der Waals surface area contributed by atoms with Crippen molar-refractivity contribution < 1.29 is 9.90 Å². The molecule has 2 N–H and O–H groups in total. The van der Waals surface area contributed by atoms with Crippen LogP contribution in [0.5, 0.6) is 0 Å². The largest absolute Gasteiger partial charge is 0.388 e. The standard InChI is InChI=1S/C21H28N2O2S2/c1-21(25)10-11-23(14-16-8-4-12-26-16)18(17-9-5-13-27-17)19(21)22-20(24)15-6-2-3-7-15/h4-5,8-9,12-13,15,18-19,25H,2-3,6-7,10-11,14H2,1H3,(H,22,24)/t18-,19-,21+/m0/s1. The maximum Gasteiger partial charge on any atom is 0.223 e. The molecule has 27 heavy (non-hydrogen) atoms. The van der Waals surface area contributed by atoms with Crippen molar-refractivity contribution in [3.05, 3.63) is 44.8 Å². The number of amides is 1. The maximum atomic E-state index is 12.9. The lowest BCUT2D eigenvalue weighted by atomic mass is 9.81. The highest BCUT2D eigenvalue weighted by Crippen LogP contribution is 2.40. The summed E-state index contributed by atoms with van der Waals surface area (Å²) in [4.78, 5) is 17.9. The number of carbonyl (C=O) groups excluding carboxylic acids is 1. The van der Waals surface area contributed by atoms with Gasteiger partial charge in [0.2, 0.25) is 5.91 Å². The Morgan fingerprint density at radius 1 is 1.26 bits per heavy atom. The maximum absolute atomic E-state index is 12.9. The van der Waals surface area contributed by atoms with Crippen LogP contribution in [0.1, 0.15) is 54.8 Å². The molecule has 0 unspecified atom stereocenters. The van der Waals surface area contributed by atoms with Gasteiger partial charge in [-0.25, -0.2) is 0 Å². The molecule has 0 spiro atoms. The van der Waals surface area contributed by atoms with E-state index in [1.54, 1.807) is 22.7 Å². The molecule has 0 aromatic carbocycles. The van der Waals surface area contributed by atoms with E-state index in [4.69, 9.17) is 0 Å². The summed E-state index contributed by atoms with van der Waals surface area (Å²) < 4.78 is 0. The Kier molecular flexibility index (Phi) is 5.69. The average Bonchev–Trinajstić information content (AvgIpc) is 3.41. The quantitative estimate of drug-likeness (QED) is 0.786. The first-order valence-corrected chi connectivity index (χ1v) is 11.6. The molecule has 2 fully saturated rings. The van der Waals surface area contributed by atoms with Gasteiger partial charge in [0.1, 0.15) is 0 Å². The molecule has 3 atom stereocenters. The fraction of sp³-hybridized carbons (Fsp3) is 0.571. The molecule has 0 radical (unpaired) electrons. The third-order valence-electron chi connectivity index (χ3n) is 6.08. The molecule has 4 rings (SSSR count). The summed E-state index contributed by atoms with van der Waals surface area (Å²) in [7, 11) is 0. The monoisotopic (exact) mass is 404 g/mol. The molecule has 3 heterocycles. The van der Waals surface area contributed by atoms with Crippen molar-refractivity contribution in [1.29, 1.82) is 0 Å².